The van der Waals surface area contributed by atoms with Crippen LogP contribution in [0.2, 0.25) is 5.15 Å². The van der Waals surface area contributed by atoms with Gasteiger partial charge in [-0.3, -0.25) is 0 Å². The molecule has 0 saturated heterocycles. The van der Waals surface area contributed by atoms with E-state index in [4.69, 9.17) is 17.4 Å². The molecule has 78 valence electrons. The second-order valence-electron chi connectivity index (χ2n) is 3.24. The zero-order valence-electron chi connectivity index (χ0n) is 8.39. The van der Waals surface area contributed by atoms with E-state index >= 15 is 0 Å². The summed E-state index contributed by atoms with van der Waals surface area (Å²) < 4.78 is 0. The third-order valence-corrected chi connectivity index (χ3v) is 2.34. The van der Waals surface area contributed by atoms with E-state index in [0.717, 1.165) is 18.4 Å². The van der Waals surface area contributed by atoms with Crippen LogP contribution in [0.4, 0.5) is 5.82 Å². The maximum Gasteiger partial charge on any atom is 0.144 e. The molecule has 3 N–H and O–H groups in total. The molecule has 0 spiro atoms. The number of aryl methyl sites for hydroxylation is 1. The molecule has 0 aliphatic rings. The smallest absolute Gasteiger partial charge is 0.144 e. The van der Waals surface area contributed by atoms with Crippen LogP contribution in [0.5, 0.6) is 0 Å². The van der Waals surface area contributed by atoms with Crippen LogP contribution < -0.4 is 11.3 Å². The Morgan fingerprint density at radius 2 is 2.21 bits per heavy atom. The fraction of sp³-hybridized carbons (Fsp3) is 0.500. The Morgan fingerprint density at radius 3 is 2.86 bits per heavy atom. The monoisotopic (exact) mass is 213 g/mol. The quantitative estimate of drug-likeness (QED) is 0.342. The summed E-state index contributed by atoms with van der Waals surface area (Å²) in [5.74, 6) is 6.04. The molecule has 0 bridgehead atoms. The number of hydrazine groups is 1. The maximum atomic E-state index is 5.75. The molecule has 0 aliphatic heterocycles. The Labute approximate surface area is 89.6 Å². The van der Waals surface area contributed by atoms with Crippen molar-refractivity contribution in [3.63, 3.8) is 0 Å². The van der Waals surface area contributed by atoms with Gasteiger partial charge in [-0.1, -0.05) is 37.4 Å². The number of halogens is 1. The van der Waals surface area contributed by atoms with Gasteiger partial charge in [0.15, 0.2) is 0 Å². The van der Waals surface area contributed by atoms with Crippen molar-refractivity contribution in [3.8, 4) is 0 Å². The average Bonchev–Trinajstić information content (AvgIpc) is 2.20. The van der Waals surface area contributed by atoms with E-state index in [1.807, 2.05) is 6.07 Å². The van der Waals surface area contributed by atoms with Gasteiger partial charge < -0.3 is 5.43 Å². The van der Waals surface area contributed by atoms with Crippen LogP contribution >= 0.6 is 11.6 Å². The Balaban J connectivity index is 2.65. The van der Waals surface area contributed by atoms with Gasteiger partial charge in [-0.15, -0.1) is 0 Å². The van der Waals surface area contributed by atoms with Gasteiger partial charge in [0, 0.05) is 0 Å². The third-order valence-electron chi connectivity index (χ3n) is 2.13. The number of pyridine rings is 1. The summed E-state index contributed by atoms with van der Waals surface area (Å²) in [6.07, 6.45) is 4.60. The van der Waals surface area contributed by atoms with Crippen molar-refractivity contribution in [3.05, 3.63) is 22.8 Å². The Morgan fingerprint density at radius 1 is 1.43 bits per heavy atom. The summed E-state index contributed by atoms with van der Waals surface area (Å²) in [4.78, 5) is 4.10. The first-order valence-electron chi connectivity index (χ1n) is 4.90. The van der Waals surface area contributed by atoms with E-state index in [1.54, 1.807) is 6.07 Å². The fourth-order valence-corrected chi connectivity index (χ4v) is 1.50. The van der Waals surface area contributed by atoms with E-state index < -0.39 is 0 Å². The molecule has 1 rings (SSSR count). The molecule has 14 heavy (non-hydrogen) atoms. The van der Waals surface area contributed by atoms with Crippen LogP contribution in [0.15, 0.2) is 12.1 Å². The van der Waals surface area contributed by atoms with E-state index in [0.29, 0.717) is 11.0 Å². The van der Waals surface area contributed by atoms with Crippen LogP contribution in [0.3, 0.4) is 0 Å². The molecule has 0 radical (unpaired) electrons. The first kappa shape index (κ1) is 11.3. The van der Waals surface area contributed by atoms with Crippen LogP contribution in [0.1, 0.15) is 31.7 Å². The number of unbranched alkanes of at least 4 members (excludes halogenated alkanes) is 2. The Kier molecular flexibility index (Phi) is 4.70. The lowest BCUT2D eigenvalue weighted by molar-refractivity contribution is 0.716. The van der Waals surface area contributed by atoms with Gasteiger partial charge in [0.2, 0.25) is 0 Å². The minimum atomic E-state index is 0.470. The number of nitrogens with two attached hydrogens (primary N) is 1. The number of rotatable bonds is 5. The van der Waals surface area contributed by atoms with Gasteiger partial charge in [-0.2, -0.15) is 0 Å². The molecular formula is C10H16ClN3. The number of hydrogen-bond acceptors (Lipinski definition) is 3. The molecule has 3 nitrogen and oxygen atoms in total. The predicted molar refractivity (Wildman–Crippen MR) is 60.3 cm³/mol. The van der Waals surface area contributed by atoms with Gasteiger partial charge in [-0.05, 0) is 24.5 Å². The number of nitrogens with zero attached hydrogens (tertiary/aromatic N) is 1. The third kappa shape index (κ3) is 3.16. The number of aromatic nitrogens is 1. The largest absolute Gasteiger partial charge is 0.308 e. The topological polar surface area (TPSA) is 50.9 Å². The maximum absolute atomic E-state index is 5.75. The SMILES string of the molecule is CCCCCc1ccc(Cl)nc1NN. The summed E-state index contributed by atoms with van der Waals surface area (Å²) in [5.41, 5.74) is 3.70. The summed E-state index contributed by atoms with van der Waals surface area (Å²) in [7, 11) is 0. The minimum absolute atomic E-state index is 0.470. The highest BCUT2D eigenvalue weighted by atomic mass is 35.5. The summed E-state index contributed by atoms with van der Waals surface area (Å²) in [5, 5.41) is 0.470. The summed E-state index contributed by atoms with van der Waals surface area (Å²) >= 11 is 5.75. The van der Waals surface area contributed by atoms with Gasteiger partial charge in [-0.25, -0.2) is 10.8 Å². The van der Waals surface area contributed by atoms with Gasteiger partial charge in [0.1, 0.15) is 11.0 Å². The van der Waals surface area contributed by atoms with Gasteiger partial charge >= 0.3 is 0 Å². The van der Waals surface area contributed by atoms with Crippen molar-refractivity contribution in [2.24, 2.45) is 5.84 Å². The molecule has 0 saturated carbocycles. The van der Waals surface area contributed by atoms with E-state index in [1.165, 1.54) is 12.8 Å². The molecule has 0 fully saturated rings. The van der Waals surface area contributed by atoms with E-state index in [2.05, 4.69) is 17.3 Å². The van der Waals surface area contributed by atoms with Crippen LogP contribution in [0.25, 0.3) is 0 Å². The molecule has 0 unspecified atom stereocenters. The Hall–Kier alpha value is -0.800. The molecular weight excluding hydrogens is 198 g/mol. The number of nitrogen functional groups attached to an aromatic ring is 1. The van der Waals surface area contributed by atoms with Crippen molar-refractivity contribution >= 4 is 17.4 Å². The molecule has 1 aromatic heterocycles. The summed E-state index contributed by atoms with van der Waals surface area (Å²) in [6.45, 7) is 2.18. The predicted octanol–water partition coefficient (Wildman–Crippen LogP) is 2.75. The first-order valence-corrected chi connectivity index (χ1v) is 5.27. The highest BCUT2D eigenvalue weighted by Gasteiger charge is 2.02. The normalized spacial score (nSPS) is 10.2. The lowest BCUT2D eigenvalue weighted by Crippen LogP contribution is -2.11. The number of hydrogen-bond donors (Lipinski definition) is 2. The van der Waals surface area contributed by atoms with Crippen LogP contribution in [0, 0.1) is 0 Å². The van der Waals surface area contributed by atoms with Gasteiger partial charge in [0.05, 0.1) is 0 Å². The standard InChI is InChI=1S/C10H16ClN3/c1-2-3-4-5-8-6-7-9(11)13-10(8)14-12/h6-7H,2-5,12H2,1H3,(H,13,14). The molecule has 1 heterocycles. The van der Waals surface area contributed by atoms with Crippen molar-refractivity contribution < 1.29 is 0 Å². The van der Waals surface area contributed by atoms with Crippen LogP contribution in [-0.4, -0.2) is 4.98 Å². The highest BCUT2D eigenvalue weighted by Crippen LogP contribution is 2.17. The van der Waals surface area contributed by atoms with Crippen LogP contribution in [-0.2, 0) is 6.42 Å². The number of anilines is 1. The highest BCUT2D eigenvalue weighted by molar-refractivity contribution is 6.29. The minimum Gasteiger partial charge on any atom is -0.308 e. The first-order chi connectivity index (χ1) is 6.77. The van der Waals surface area contributed by atoms with E-state index in [9.17, 15) is 0 Å². The lowest BCUT2D eigenvalue weighted by Gasteiger charge is -2.07. The van der Waals surface area contributed by atoms with Crippen molar-refractivity contribution in [1.82, 2.24) is 4.98 Å². The van der Waals surface area contributed by atoms with Gasteiger partial charge in [0.25, 0.3) is 0 Å². The zero-order chi connectivity index (χ0) is 10.4. The zero-order valence-corrected chi connectivity index (χ0v) is 9.14. The average molecular weight is 214 g/mol. The van der Waals surface area contributed by atoms with E-state index in [-0.39, 0.29) is 0 Å². The van der Waals surface area contributed by atoms with Crippen molar-refractivity contribution in [2.45, 2.75) is 32.6 Å². The molecule has 0 aliphatic carbocycles. The molecule has 0 atom stereocenters. The molecule has 0 aromatic carbocycles. The lowest BCUT2D eigenvalue weighted by atomic mass is 10.1. The Bertz CT molecular complexity index is 289. The van der Waals surface area contributed by atoms with Crippen molar-refractivity contribution in [1.29, 1.82) is 0 Å². The molecule has 1 aromatic rings. The molecule has 4 heteroatoms. The van der Waals surface area contributed by atoms with Crippen molar-refractivity contribution in [2.75, 3.05) is 5.43 Å². The summed E-state index contributed by atoms with van der Waals surface area (Å²) in [6, 6.07) is 3.77. The fourth-order valence-electron chi connectivity index (χ4n) is 1.36. The number of nitrogens with one attached hydrogen (secondary N) is 1. The second-order valence-corrected chi connectivity index (χ2v) is 3.63. The second kappa shape index (κ2) is 5.83. The molecule has 0 amide bonds.